The minimum absolute atomic E-state index is 0.409. The van der Waals surface area contributed by atoms with E-state index in [1.807, 2.05) is 0 Å². The number of unbranched alkanes of at least 4 members (excludes halogenated alkanes) is 4. The van der Waals surface area contributed by atoms with Crippen LogP contribution in [0, 0.1) is 17.6 Å². The molecular formula is C22H32F4Si. The molecule has 0 radical (unpaired) electrons. The second-order valence-electron chi connectivity index (χ2n) is 8.02. The van der Waals surface area contributed by atoms with E-state index in [-0.39, 0.29) is 0 Å². The van der Waals surface area contributed by atoms with Crippen LogP contribution in [0.3, 0.4) is 0 Å². The predicted molar refractivity (Wildman–Crippen MR) is 108 cm³/mol. The quantitative estimate of drug-likeness (QED) is 0.214. The van der Waals surface area contributed by atoms with E-state index >= 15 is 0 Å². The molecule has 1 aliphatic heterocycles. The van der Waals surface area contributed by atoms with Crippen molar-refractivity contribution >= 4 is 14.6 Å². The summed E-state index contributed by atoms with van der Waals surface area (Å²) >= 11 is 0. The average Bonchev–Trinajstić information content (AvgIpc) is 2.66. The lowest BCUT2D eigenvalue weighted by Crippen LogP contribution is -2.21. The van der Waals surface area contributed by atoms with Crippen LogP contribution in [0.15, 0.2) is 18.5 Å². The lowest BCUT2D eigenvalue weighted by atomic mass is 9.94. The Balaban J connectivity index is 1.74. The minimum Gasteiger partial charge on any atom is -0.212 e. The molecule has 0 nitrogen and oxygen atoms in total. The zero-order valence-corrected chi connectivity index (χ0v) is 17.5. The Bertz CT molecular complexity index is 583. The van der Waals surface area contributed by atoms with Gasteiger partial charge >= 0.3 is 0 Å². The van der Waals surface area contributed by atoms with E-state index in [2.05, 4.69) is 6.92 Å². The highest BCUT2D eigenvalue weighted by molar-refractivity contribution is 6.58. The standard InChI is InChI=1S/C22H32F4Si/c1-2-3-4-5-6-11-27-12-9-17(10-13-27)7-8-18-14-19(24)22(20(25)15-18)21(26)16-23/h14-17,27H,2-13H2,1H3/t17-,27-. The van der Waals surface area contributed by atoms with Crippen molar-refractivity contribution in [3.63, 3.8) is 0 Å². The van der Waals surface area contributed by atoms with Crippen molar-refractivity contribution in [2.24, 2.45) is 5.92 Å². The van der Waals surface area contributed by atoms with Gasteiger partial charge in [-0.05, 0) is 36.5 Å². The van der Waals surface area contributed by atoms with Gasteiger partial charge in [-0.2, -0.15) is 0 Å². The number of hydrogen-bond acceptors (Lipinski definition) is 0. The van der Waals surface area contributed by atoms with Gasteiger partial charge in [-0.15, -0.1) is 0 Å². The molecule has 1 heterocycles. The van der Waals surface area contributed by atoms with E-state index in [9.17, 15) is 17.6 Å². The maximum Gasteiger partial charge on any atom is 0.164 e. The first-order chi connectivity index (χ1) is 13.0. The second kappa shape index (κ2) is 11.7. The van der Waals surface area contributed by atoms with Gasteiger partial charge in [0.25, 0.3) is 0 Å². The summed E-state index contributed by atoms with van der Waals surface area (Å²) in [5, 5.41) is 0. The van der Waals surface area contributed by atoms with Crippen LogP contribution in [-0.4, -0.2) is 8.80 Å². The van der Waals surface area contributed by atoms with E-state index in [1.54, 1.807) is 0 Å². The maximum absolute atomic E-state index is 13.9. The first-order valence-corrected chi connectivity index (χ1v) is 12.9. The van der Waals surface area contributed by atoms with Crippen molar-refractivity contribution < 1.29 is 17.6 Å². The van der Waals surface area contributed by atoms with Crippen LogP contribution in [0.2, 0.25) is 18.1 Å². The molecule has 0 amide bonds. The molecule has 0 aromatic heterocycles. The molecule has 0 bridgehead atoms. The highest BCUT2D eigenvalue weighted by atomic mass is 28.3. The highest BCUT2D eigenvalue weighted by Crippen LogP contribution is 2.32. The molecule has 0 aliphatic carbocycles. The minimum atomic E-state index is -1.51. The number of aryl methyl sites for hydroxylation is 1. The third-order valence-corrected chi connectivity index (χ3v) is 9.48. The summed E-state index contributed by atoms with van der Waals surface area (Å²) < 4.78 is 53.2. The summed E-state index contributed by atoms with van der Waals surface area (Å²) in [5.41, 5.74) is -0.387. The fourth-order valence-electron chi connectivity index (χ4n) is 4.27. The molecule has 0 unspecified atom stereocenters. The van der Waals surface area contributed by atoms with Crippen molar-refractivity contribution in [3.05, 3.63) is 41.2 Å². The van der Waals surface area contributed by atoms with Gasteiger partial charge in [0.1, 0.15) is 18.0 Å². The largest absolute Gasteiger partial charge is 0.212 e. The highest BCUT2D eigenvalue weighted by Gasteiger charge is 2.22. The Morgan fingerprint density at radius 3 is 2.30 bits per heavy atom. The molecule has 1 aliphatic rings. The van der Waals surface area contributed by atoms with Crippen LogP contribution in [0.4, 0.5) is 17.6 Å². The smallest absolute Gasteiger partial charge is 0.164 e. The Morgan fingerprint density at radius 2 is 1.70 bits per heavy atom. The molecular weight excluding hydrogens is 368 g/mol. The van der Waals surface area contributed by atoms with Gasteiger partial charge in [0, 0.05) is 8.80 Å². The van der Waals surface area contributed by atoms with Crippen LogP contribution in [0.5, 0.6) is 0 Å². The molecule has 0 saturated carbocycles. The lowest BCUT2D eigenvalue weighted by molar-refractivity contribution is 0.435. The topological polar surface area (TPSA) is 0 Å². The van der Waals surface area contributed by atoms with Crippen LogP contribution < -0.4 is 0 Å². The van der Waals surface area contributed by atoms with Gasteiger partial charge in [-0.25, -0.2) is 17.6 Å². The molecule has 2 rings (SSSR count). The monoisotopic (exact) mass is 400 g/mol. The van der Waals surface area contributed by atoms with E-state index in [0.29, 0.717) is 17.9 Å². The van der Waals surface area contributed by atoms with Gasteiger partial charge in [0.05, 0.1) is 5.56 Å². The summed E-state index contributed by atoms with van der Waals surface area (Å²) in [5.74, 6) is -2.94. The molecule has 0 N–H and O–H groups in total. The molecule has 1 saturated heterocycles. The molecule has 0 spiro atoms. The average molecular weight is 401 g/mol. The van der Waals surface area contributed by atoms with Gasteiger partial charge in [-0.3, -0.25) is 0 Å². The maximum atomic E-state index is 13.9. The van der Waals surface area contributed by atoms with Crippen molar-refractivity contribution in [1.29, 1.82) is 0 Å². The van der Waals surface area contributed by atoms with E-state index in [1.165, 1.54) is 63.1 Å². The van der Waals surface area contributed by atoms with Crippen molar-refractivity contribution in [2.75, 3.05) is 0 Å². The summed E-state index contributed by atoms with van der Waals surface area (Å²) in [6.45, 7) is 2.24. The molecule has 27 heavy (non-hydrogen) atoms. The zero-order valence-electron chi connectivity index (χ0n) is 16.4. The number of benzene rings is 1. The molecule has 0 atom stereocenters. The SMILES string of the molecule is CCCCCCC[Si@H]1CC[C@H](CCc2cc(F)c(C(F)=CF)c(F)c2)CC1. The normalized spacial score (nSPS) is 20.9. The van der Waals surface area contributed by atoms with Gasteiger partial charge < -0.3 is 0 Å². The first-order valence-electron chi connectivity index (χ1n) is 10.5. The van der Waals surface area contributed by atoms with E-state index < -0.39 is 38.2 Å². The summed E-state index contributed by atoms with van der Waals surface area (Å²) in [4.78, 5) is 0. The van der Waals surface area contributed by atoms with Crippen molar-refractivity contribution in [3.8, 4) is 0 Å². The molecule has 152 valence electrons. The van der Waals surface area contributed by atoms with E-state index in [0.717, 1.165) is 18.6 Å². The summed E-state index contributed by atoms with van der Waals surface area (Å²) in [7, 11) is -0.557. The fourth-order valence-corrected chi connectivity index (χ4v) is 7.89. The van der Waals surface area contributed by atoms with E-state index in [4.69, 9.17) is 0 Å². The third kappa shape index (κ3) is 7.09. The van der Waals surface area contributed by atoms with Crippen LogP contribution >= 0.6 is 0 Å². The molecule has 5 heteroatoms. The fraction of sp³-hybridized carbons (Fsp3) is 0.636. The van der Waals surface area contributed by atoms with Gasteiger partial charge in [0.2, 0.25) is 0 Å². The van der Waals surface area contributed by atoms with Crippen molar-refractivity contribution in [2.45, 2.75) is 82.8 Å². The molecule has 1 aromatic rings. The summed E-state index contributed by atoms with van der Waals surface area (Å²) in [6, 6.07) is 6.54. The molecule has 1 fully saturated rings. The second-order valence-corrected chi connectivity index (χ2v) is 11.5. The van der Waals surface area contributed by atoms with Crippen molar-refractivity contribution in [1.82, 2.24) is 0 Å². The van der Waals surface area contributed by atoms with Crippen LogP contribution in [0.1, 0.15) is 69.4 Å². The first kappa shape index (κ1) is 22.2. The lowest BCUT2D eigenvalue weighted by Gasteiger charge is -2.27. The number of hydrogen-bond donors (Lipinski definition) is 0. The Hall–Kier alpha value is -1.10. The number of rotatable bonds is 10. The predicted octanol–water partition coefficient (Wildman–Crippen LogP) is 7.74. The number of halogens is 4. The van der Waals surface area contributed by atoms with Gasteiger partial charge in [-0.1, -0.05) is 70.0 Å². The Labute approximate surface area is 162 Å². The van der Waals surface area contributed by atoms with Crippen LogP contribution in [0.25, 0.3) is 5.83 Å². The third-order valence-electron chi connectivity index (χ3n) is 5.96. The zero-order chi connectivity index (χ0) is 19.6. The Kier molecular flexibility index (Phi) is 9.59. The van der Waals surface area contributed by atoms with Gasteiger partial charge in [0.15, 0.2) is 5.83 Å². The Morgan fingerprint density at radius 1 is 1.07 bits per heavy atom. The van der Waals surface area contributed by atoms with Crippen LogP contribution in [-0.2, 0) is 6.42 Å². The molecule has 1 aromatic carbocycles. The summed E-state index contributed by atoms with van der Waals surface area (Å²) in [6.07, 6.45) is 10.4.